The van der Waals surface area contributed by atoms with Gasteiger partial charge in [-0.1, -0.05) is 72.8 Å². The first-order valence-corrected chi connectivity index (χ1v) is 11.0. The molecule has 2 nitrogen and oxygen atoms in total. The van der Waals surface area contributed by atoms with Gasteiger partial charge in [-0.3, -0.25) is 0 Å². The van der Waals surface area contributed by atoms with E-state index in [1.54, 1.807) is 0 Å². The van der Waals surface area contributed by atoms with E-state index in [9.17, 15) is 5.11 Å². The third-order valence-electron chi connectivity index (χ3n) is 7.21. The molecule has 5 aromatic carbocycles. The average Bonchev–Trinajstić information content (AvgIpc) is 3.28. The van der Waals surface area contributed by atoms with Gasteiger partial charge in [-0.15, -0.1) is 0 Å². The summed E-state index contributed by atoms with van der Waals surface area (Å²) in [6.45, 7) is 0. The van der Waals surface area contributed by atoms with Crippen LogP contribution in [0.2, 0.25) is 0 Å². The van der Waals surface area contributed by atoms with E-state index in [-0.39, 0.29) is 0 Å². The van der Waals surface area contributed by atoms with Gasteiger partial charge in [0.25, 0.3) is 0 Å². The summed E-state index contributed by atoms with van der Waals surface area (Å²) in [5, 5.41) is 17.2. The largest absolute Gasteiger partial charge is 0.376 e. The molecule has 0 saturated heterocycles. The lowest BCUT2D eigenvalue weighted by Gasteiger charge is -2.27. The SMILES string of the molecule is Cn1c2ccccc2c2cc(C3(O)c4ccccc4-c4cc5ccccc5cc43)ccc21. The van der Waals surface area contributed by atoms with Crippen LogP contribution >= 0.6 is 0 Å². The van der Waals surface area contributed by atoms with E-state index in [2.05, 4.69) is 109 Å². The lowest BCUT2D eigenvalue weighted by molar-refractivity contribution is 0.131. The minimum Gasteiger partial charge on any atom is -0.376 e. The van der Waals surface area contributed by atoms with E-state index in [0.29, 0.717) is 0 Å². The highest BCUT2D eigenvalue weighted by molar-refractivity contribution is 6.08. The van der Waals surface area contributed by atoms with Crippen LogP contribution in [0.3, 0.4) is 0 Å². The van der Waals surface area contributed by atoms with E-state index in [0.717, 1.165) is 33.2 Å². The second kappa shape index (κ2) is 6.09. The van der Waals surface area contributed by atoms with E-state index in [1.807, 2.05) is 6.07 Å². The smallest absolute Gasteiger partial charge is 0.141 e. The second-order valence-electron chi connectivity index (χ2n) is 8.81. The summed E-state index contributed by atoms with van der Waals surface area (Å²) in [6.07, 6.45) is 0. The van der Waals surface area contributed by atoms with Gasteiger partial charge in [-0.05, 0) is 57.8 Å². The summed E-state index contributed by atoms with van der Waals surface area (Å²) in [5.74, 6) is 0. The number of aliphatic hydroxyl groups is 1. The third kappa shape index (κ3) is 2.12. The summed E-state index contributed by atoms with van der Waals surface area (Å²) in [5.41, 5.74) is 6.20. The van der Waals surface area contributed by atoms with Crippen molar-refractivity contribution in [1.82, 2.24) is 4.57 Å². The van der Waals surface area contributed by atoms with Gasteiger partial charge in [-0.25, -0.2) is 0 Å². The maximum atomic E-state index is 12.5. The van der Waals surface area contributed by atoms with Crippen LogP contribution in [0.15, 0.2) is 103 Å². The summed E-state index contributed by atoms with van der Waals surface area (Å²) in [7, 11) is 2.10. The Kier molecular flexibility index (Phi) is 3.38. The molecule has 6 aromatic rings. The Labute approximate surface area is 186 Å². The number of hydrogen-bond donors (Lipinski definition) is 1. The molecular formula is C30H21NO. The van der Waals surface area contributed by atoms with Crippen LogP contribution in [0.4, 0.5) is 0 Å². The summed E-state index contributed by atoms with van der Waals surface area (Å²) < 4.78 is 2.22. The Morgan fingerprint density at radius 3 is 2.16 bits per heavy atom. The molecule has 0 amide bonds. The van der Waals surface area contributed by atoms with E-state index in [1.165, 1.54) is 27.2 Å². The maximum absolute atomic E-state index is 12.5. The van der Waals surface area contributed by atoms with Crippen LogP contribution < -0.4 is 0 Å². The molecule has 152 valence electrons. The summed E-state index contributed by atoms with van der Waals surface area (Å²) in [4.78, 5) is 0. The van der Waals surface area contributed by atoms with Gasteiger partial charge in [0.2, 0.25) is 0 Å². The zero-order valence-electron chi connectivity index (χ0n) is 17.7. The van der Waals surface area contributed by atoms with Crippen LogP contribution in [-0.2, 0) is 12.6 Å². The van der Waals surface area contributed by atoms with Crippen molar-refractivity contribution in [2.45, 2.75) is 5.60 Å². The lowest BCUT2D eigenvalue weighted by atomic mass is 9.83. The third-order valence-corrected chi connectivity index (χ3v) is 7.21. The fraction of sp³-hybridized carbons (Fsp3) is 0.0667. The van der Waals surface area contributed by atoms with Crippen LogP contribution in [0.5, 0.6) is 0 Å². The molecule has 7 rings (SSSR count). The Bertz CT molecular complexity index is 1710. The van der Waals surface area contributed by atoms with Crippen molar-refractivity contribution in [3.8, 4) is 11.1 Å². The summed E-state index contributed by atoms with van der Waals surface area (Å²) >= 11 is 0. The average molecular weight is 412 g/mol. The molecule has 1 aromatic heterocycles. The molecule has 0 fully saturated rings. The molecule has 1 unspecified atom stereocenters. The van der Waals surface area contributed by atoms with Crippen LogP contribution in [0.1, 0.15) is 16.7 Å². The van der Waals surface area contributed by atoms with Crippen LogP contribution in [0.25, 0.3) is 43.7 Å². The van der Waals surface area contributed by atoms with Gasteiger partial charge >= 0.3 is 0 Å². The zero-order chi connectivity index (χ0) is 21.4. The number of hydrogen-bond acceptors (Lipinski definition) is 1. The number of para-hydroxylation sites is 1. The van der Waals surface area contributed by atoms with Gasteiger partial charge in [0.05, 0.1) is 0 Å². The standard InChI is InChI=1S/C30H21NO/c1-31-28-13-7-5-11-23(28)25-18-21(14-15-29(25)31)30(32)26-12-6-4-10-22(26)24-16-19-8-2-3-9-20(19)17-27(24)30/h2-18,32H,1H3. The number of nitrogens with zero attached hydrogens (tertiary/aromatic N) is 1. The van der Waals surface area contributed by atoms with Crippen molar-refractivity contribution in [3.63, 3.8) is 0 Å². The number of rotatable bonds is 1. The highest BCUT2D eigenvalue weighted by Gasteiger charge is 2.43. The molecule has 0 bridgehead atoms. The number of benzene rings is 5. The second-order valence-corrected chi connectivity index (χ2v) is 8.81. The molecule has 1 N–H and O–H groups in total. The van der Waals surface area contributed by atoms with Crippen molar-refractivity contribution in [3.05, 3.63) is 120 Å². The lowest BCUT2D eigenvalue weighted by Crippen LogP contribution is -2.26. The predicted molar refractivity (Wildman–Crippen MR) is 132 cm³/mol. The minimum absolute atomic E-state index is 0.905. The fourth-order valence-corrected chi connectivity index (χ4v) is 5.64. The summed E-state index contributed by atoms with van der Waals surface area (Å²) in [6, 6.07) is 35.9. The van der Waals surface area contributed by atoms with E-state index in [4.69, 9.17) is 0 Å². The fourth-order valence-electron chi connectivity index (χ4n) is 5.64. The predicted octanol–water partition coefficient (Wildman–Crippen LogP) is 6.75. The first kappa shape index (κ1) is 17.8. The van der Waals surface area contributed by atoms with Gasteiger partial charge in [0, 0.05) is 40.0 Å². The number of aromatic nitrogens is 1. The quantitative estimate of drug-likeness (QED) is 0.318. The van der Waals surface area contributed by atoms with E-state index < -0.39 is 5.60 Å². The monoisotopic (exact) mass is 411 g/mol. The number of aryl methyl sites for hydroxylation is 1. The molecule has 1 aliphatic carbocycles. The Morgan fingerprint density at radius 2 is 1.28 bits per heavy atom. The van der Waals surface area contributed by atoms with Gasteiger partial charge in [0.15, 0.2) is 0 Å². The Morgan fingerprint density at radius 1 is 0.594 bits per heavy atom. The molecule has 2 heteroatoms. The first-order chi connectivity index (χ1) is 15.7. The topological polar surface area (TPSA) is 25.2 Å². The van der Waals surface area contributed by atoms with Crippen molar-refractivity contribution in [2.24, 2.45) is 7.05 Å². The normalized spacial score (nSPS) is 17.2. The molecule has 0 radical (unpaired) electrons. The highest BCUT2D eigenvalue weighted by Crippen LogP contribution is 2.52. The van der Waals surface area contributed by atoms with Crippen LogP contribution in [-0.4, -0.2) is 9.67 Å². The first-order valence-electron chi connectivity index (χ1n) is 11.0. The van der Waals surface area contributed by atoms with E-state index >= 15 is 0 Å². The van der Waals surface area contributed by atoms with Crippen molar-refractivity contribution < 1.29 is 5.11 Å². The van der Waals surface area contributed by atoms with Gasteiger partial charge in [-0.2, -0.15) is 0 Å². The van der Waals surface area contributed by atoms with Crippen molar-refractivity contribution in [2.75, 3.05) is 0 Å². The highest BCUT2D eigenvalue weighted by atomic mass is 16.3. The molecule has 0 aliphatic heterocycles. The Hall–Kier alpha value is -3.88. The molecule has 1 aliphatic rings. The van der Waals surface area contributed by atoms with Crippen molar-refractivity contribution >= 4 is 32.6 Å². The molecule has 0 saturated carbocycles. The maximum Gasteiger partial charge on any atom is 0.141 e. The molecule has 1 atom stereocenters. The molecule has 32 heavy (non-hydrogen) atoms. The van der Waals surface area contributed by atoms with Gasteiger partial charge < -0.3 is 9.67 Å². The van der Waals surface area contributed by atoms with Gasteiger partial charge in [0.1, 0.15) is 5.60 Å². The number of fused-ring (bicyclic) bond motifs is 7. The minimum atomic E-state index is -1.19. The Balaban J connectivity index is 1.58. The van der Waals surface area contributed by atoms with Crippen molar-refractivity contribution in [1.29, 1.82) is 0 Å². The molecule has 0 spiro atoms. The van der Waals surface area contributed by atoms with Crippen LogP contribution in [0, 0.1) is 0 Å². The zero-order valence-corrected chi connectivity index (χ0v) is 17.7. The molecule has 1 heterocycles. The molecular weight excluding hydrogens is 390 g/mol.